The molecule has 1 N–H and O–H groups in total. The van der Waals surface area contributed by atoms with Crippen LogP contribution in [0.2, 0.25) is 0 Å². The number of halogens is 1. The summed E-state index contributed by atoms with van der Waals surface area (Å²) in [7, 11) is 0. The molecule has 18 heavy (non-hydrogen) atoms. The molecule has 102 valence electrons. The van der Waals surface area contributed by atoms with E-state index in [9.17, 15) is 14.0 Å². The number of aliphatic carboxylic acids is 1. The quantitative estimate of drug-likeness (QED) is 0.781. The largest absolute Gasteiger partial charge is 0.479 e. The van der Waals surface area contributed by atoms with Gasteiger partial charge in [0.05, 0.1) is 0 Å². The fraction of sp³-hybridized carbons (Fsp3) is 0.833. The van der Waals surface area contributed by atoms with Crippen LogP contribution < -0.4 is 0 Å². The maximum atomic E-state index is 14.0. The Hall–Kier alpha value is -1.33. The summed E-state index contributed by atoms with van der Waals surface area (Å²) < 4.78 is 19.2. The molecular weight excluding hydrogens is 241 g/mol. The van der Waals surface area contributed by atoms with Crippen molar-refractivity contribution in [1.82, 2.24) is 4.90 Å². The molecule has 3 fully saturated rings. The van der Waals surface area contributed by atoms with Gasteiger partial charge in [-0.15, -0.1) is 0 Å². The highest BCUT2D eigenvalue weighted by Crippen LogP contribution is 2.45. The predicted molar refractivity (Wildman–Crippen MR) is 61.0 cm³/mol. The molecule has 2 heterocycles. The van der Waals surface area contributed by atoms with Gasteiger partial charge in [-0.1, -0.05) is 0 Å². The van der Waals surface area contributed by atoms with Crippen molar-refractivity contribution >= 4 is 12.1 Å². The summed E-state index contributed by atoms with van der Waals surface area (Å²) in [4.78, 5) is 24.2. The van der Waals surface area contributed by atoms with Crippen LogP contribution in [0.4, 0.5) is 9.18 Å². The summed E-state index contributed by atoms with van der Waals surface area (Å²) in [6.45, 7) is 5.28. The molecule has 1 unspecified atom stereocenters. The van der Waals surface area contributed by atoms with Gasteiger partial charge in [0.15, 0.2) is 0 Å². The van der Waals surface area contributed by atoms with Crippen LogP contribution in [0.25, 0.3) is 0 Å². The zero-order valence-electron chi connectivity index (χ0n) is 10.8. The molecule has 2 saturated heterocycles. The first-order valence-electron chi connectivity index (χ1n) is 6.06. The van der Waals surface area contributed by atoms with Gasteiger partial charge in [0, 0.05) is 24.9 Å². The van der Waals surface area contributed by atoms with Crippen LogP contribution in [0, 0.1) is 0 Å². The Morgan fingerprint density at radius 2 is 1.83 bits per heavy atom. The van der Waals surface area contributed by atoms with Gasteiger partial charge in [0.2, 0.25) is 5.67 Å². The van der Waals surface area contributed by atoms with Gasteiger partial charge in [0.25, 0.3) is 0 Å². The summed E-state index contributed by atoms with van der Waals surface area (Å²) in [5, 5.41) is 8.84. The van der Waals surface area contributed by atoms with Gasteiger partial charge in [-0.2, -0.15) is 0 Å². The second kappa shape index (κ2) is 3.83. The molecular formula is C12H18FNO4. The van der Waals surface area contributed by atoms with Crippen molar-refractivity contribution in [3.63, 3.8) is 0 Å². The number of rotatable bonds is 1. The molecule has 0 spiro atoms. The number of carboxylic acids is 1. The van der Waals surface area contributed by atoms with E-state index in [1.54, 1.807) is 20.8 Å². The Morgan fingerprint density at radius 3 is 2.22 bits per heavy atom. The number of carboxylic acid groups (broad SMARTS) is 1. The molecule has 1 amide bonds. The monoisotopic (exact) mass is 259 g/mol. The van der Waals surface area contributed by atoms with Crippen LogP contribution >= 0.6 is 0 Å². The first-order chi connectivity index (χ1) is 8.12. The minimum Gasteiger partial charge on any atom is -0.479 e. The standard InChI is InChI=1S/C12H18FNO4/c1-11(2,3)18-10(17)14-7-4-8(14)6-12(13,5-7)9(15)16/h7-8H,4-6H2,1-3H3,(H,15,16)/t7-,8+,12?. The molecule has 3 atom stereocenters. The molecule has 0 radical (unpaired) electrons. The first-order valence-corrected chi connectivity index (χ1v) is 6.06. The van der Waals surface area contributed by atoms with E-state index in [1.807, 2.05) is 0 Å². The molecule has 2 bridgehead atoms. The van der Waals surface area contributed by atoms with E-state index in [1.165, 1.54) is 4.90 Å². The summed E-state index contributed by atoms with van der Waals surface area (Å²) in [6, 6.07) is -0.695. The lowest BCUT2D eigenvalue weighted by atomic mass is 9.72. The maximum Gasteiger partial charge on any atom is 0.410 e. The van der Waals surface area contributed by atoms with Gasteiger partial charge < -0.3 is 14.7 Å². The second-order valence-electron chi connectivity index (χ2n) is 6.11. The van der Waals surface area contributed by atoms with Gasteiger partial charge in [0.1, 0.15) is 5.60 Å². The molecule has 0 aromatic heterocycles. The Labute approximate surface area is 105 Å². The Bertz CT molecular complexity index is 378. The van der Waals surface area contributed by atoms with Crippen molar-refractivity contribution in [3.8, 4) is 0 Å². The lowest BCUT2D eigenvalue weighted by molar-refractivity contribution is -0.166. The van der Waals surface area contributed by atoms with Gasteiger partial charge in [-0.3, -0.25) is 0 Å². The average Bonchev–Trinajstić information content (AvgIpc) is 2.13. The molecule has 0 aromatic carbocycles. The molecule has 5 nitrogen and oxygen atoms in total. The molecule has 2 aliphatic heterocycles. The average molecular weight is 259 g/mol. The van der Waals surface area contributed by atoms with Crippen LogP contribution in [0.5, 0.6) is 0 Å². The van der Waals surface area contributed by atoms with Crippen LogP contribution in [-0.4, -0.2) is 45.4 Å². The lowest BCUT2D eigenvalue weighted by Gasteiger charge is -2.55. The van der Waals surface area contributed by atoms with E-state index in [0.29, 0.717) is 6.42 Å². The minimum atomic E-state index is -2.19. The molecule has 6 heteroatoms. The van der Waals surface area contributed by atoms with Crippen molar-refractivity contribution in [2.24, 2.45) is 0 Å². The van der Waals surface area contributed by atoms with E-state index in [0.717, 1.165) is 0 Å². The highest BCUT2D eigenvalue weighted by atomic mass is 19.1. The van der Waals surface area contributed by atoms with Crippen LogP contribution in [-0.2, 0) is 9.53 Å². The summed E-state index contributed by atoms with van der Waals surface area (Å²) >= 11 is 0. The number of carbonyl (C=O) groups is 2. The zero-order valence-corrected chi connectivity index (χ0v) is 10.8. The summed E-state index contributed by atoms with van der Waals surface area (Å²) in [6.07, 6.45) is -0.0925. The Kier molecular flexibility index (Phi) is 2.79. The van der Waals surface area contributed by atoms with E-state index >= 15 is 0 Å². The first kappa shape index (κ1) is 13.1. The minimum absolute atomic E-state index is 0.141. The zero-order chi connectivity index (χ0) is 13.7. The normalized spacial score (nSPS) is 34.8. The van der Waals surface area contributed by atoms with Crippen LogP contribution in [0.3, 0.4) is 0 Å². The Balaban J connectivity index is 2.02. The topological polar surface area (TPSA) is 66.8 Å². The van der Waals surface area contributed by atoms with Crippen molar-refractivity contribution in [3.05, 3.63) is 0 Å². The second-order valence-corrected chi connectivity index (χ2v) is 6.11. The van der Waals surface area contributed by atoms with E-state index in [4.69, 9.17) is 9.84 Å². The predicted octanol–water partition coefficient (Wildman–Crippen LogP) is 1.95. The van der Waals surface area contributed by atoms with Crippen LogP contribution in [0.15, 0.2) is 0 Å². The smallest absolute Gasteiger partial charge is 0.410 e. The third-order valence-corrected chi connectivity index (χ3v) is 3.44. The molecule has 1 aliphatic carbocycles. The van der Waals surface area contributed by atoms with Crippen molar-refractivity contribution < 1.29 is 23.8 Å². The fourth-order valence-corrected chi connectivity index (χ4v) is 2.68. The van der Waals surface area contributed by atoms with E-state index in [2.05, 4.69) is 0 Å². The molecule has 3 rings (SSSR count). The number of fused-ring (bicyclic) bond motifs is 2. The number of amides is 1. The highest BCUT2D eigenvalue weighted by molar-refractivity contribution is 5.79. The number of piperidine rings is 1. The maximum absolute atomic E-state index is 14.0. The van der Waals surface area contributed by atoms with E-state index in [-0.39, 0.29) is 24.9 Å². The number of carbonyl (C=O) groups excluding carboxylic acids is 1. The van der Waals surface area contributed by atoms with Crippen molar-refractivity contribution in [2.45, 2.75) is 63.4 Å². The number of hydrogen-bond donors (Lipinski definition) is 1. The van der Waals surface area contributed by atoms with Gasteiger partial charge in [-0.05, 0) is 27.2 Å². The number of nitrogens with zero attached hydrogens (tertiary/aromatic N) is 1. The summed E-state index contributed by atoms with van der Waals surface area (Å²) in [5.74, 6) is -1.43. The highest BCUT2D eigenvalue weighted by Gasteiger charge is 2.58. The third-order valence-electron chi connectivity index (χ3n) is 3.44. The molecule has 0 aromatic rings. The van der Waals surface area contributed by atoms with Crippen molar-refractivity contribution in [2.75, 3.05) is 0 Å². The SMILES string of the molecule is CC(C)(C)OC(=O)N1[C@@H]2C[C@H]1CC(F)(C(=O)O)C2. The van der Waals surface area contributed by atoms with Crippen LogP contribution in [0.1, 0.15) is 40.0 Å². The van der Waals surface area contributed by atoms with E-state index < -0.39 is 23.3 Å². The van der Waals surface area contributed by atoms with Gasteiger partial charge in [-0.25, -0.2) is 14.0 Å². The number of hydrogen-bond acceptors (Lipinski definition) is 3. The third kappa shape index (κ3) is 2.15. The number of alkyl halides is 1. The Morgan fingerprint density at radius 1 is 1.33 bits per heavy atom. The number of ether oxygens (including phenoxy) is 1. The lowest BCUT2D eigenvalue weighted by Crippen LogP contribution is -2.68. The fourth-order valence-electron chi connectivity index (χ4n) is 2.68. The summed E-state index contributed by atoms with van der Waals surface area (Å²) in [5.41, 5.74) is -2.79. The van der Waals surface area contributed by atoms with Crippen molar-refractivity contribution in [1.29, 1.82) is 0 Å². The molecule has 3 aliphatic rings. The molecule has 1 saturated carbocycles. The van der Waals surface area contributed by atoms with Gasteiger partial charge >= 0.3 is 12.1 Å².